The quantitative estimate of drug-likeness (QED) is 0.756. The summed E-state index contributed by atoms with van der Waals surface area (Å²) in [7, 11) is 5.68. The summed E-state index contributed by atoms with van der Waals surface area (Å²) < 4.78 is 19.1. The molecule has 1 atom stereocenters. The van der Waals surface area contributed by atoms with Crippen molar-refractivity contribution >= 4 is 5.78 Å². The maximum atomic E-state index is 14.1. The first-order chi connectivity index (χ1) is 11.8. The Balaban J connectivity index is 2.14. The zero-order chi connectivity index (χ0) is 18.6. The predicted molar refractivity (Wildman–Crippen MR) is 98.7 cm³/mol. The number of Topliss-reactive ketones (excluding diaryl/α,β-unsaturated/α-hetero) is 1. The number of carbonyl (C=O) groups is 1. The normalized spacial score (nSPS) is 17.9. The van der Waals surface area contributed by atoms with Gasteiger partial charge in [-0.25, -0.2) is 4.39 Å². The Morgan fingerprint density at radius 1 is 1.32 bits per heavy atom. The van der Waals surface area contributed by atoms with E-state index in [0.717, 1.165) is 31.5 Å². The van der Waals surface area contributed by atoms with Gasteiger partial charge in [-0.15, -0.1) is 0 Å². The molecule has 1 aliphatic heterocycles. The highest BCUT2D eigenvalue weighted by Crippen LogP contribution is 2.28. The smallest absolute Gasteiger partial charge is 0.165 e. The van der Waals surface area contributed by atoms with Gasteiger partial charge in [-0.3, -0.25) is 4.79 Å². The van der Waals surface area contributed by atoms with Crippen LogP contribution in [0, 0.1) is 11.7 Å². The lowest BCUT2D eigenvalue weighted by Gasteiger charge is -2.37. The van der Waals surface area contributed by atoms with E-state index in [1.165, 1.54) is 13.2 Å². The van der Waals surface area contributed by atoms with E-state index < -0.39 is 5.82 Å². The van der Waals surface area contributed by atoms with Crippen molar-refractivity contribution in [2.24, 2.45) is 5.92 Å². The highest BCUT2D eigenvalue weighted by atomic mass is 19.1. The maximum absolute atomic E-state index is 14.1. The zero-order valence-corrected chi connectivity index (χ0v) is 16.1. The molecule has 0 spiro atoms. The molecule has 1 aliphatic rings. The second-order valence-electron chi connectivity index (χ2n) is 7.50. The van der Waals surface area contributed by atoms with Crippen LogP contribution in [0.5, 0.6) is 5.75 Å². The van der Waals surface area contributed by atoms with Gasteiger partial charge in [-0.1, -0.05) is 19.9 Å². The Kier molecular flexibility index (Phi) is 6.96. The average molecular weight is 350 g/mol. The fraction of sp³-hybridized carbons (Fsp3) is 0.650. The monoisotopic (exact) mass is 350 g/mol. The third-order valence-corrected chi connectivity index (χ3v) is 5.22. The lowest BCUT2D eigenvalue weighted by Crippen LogP contribution is -2.44. The number of hydrogen-bond acceptors (Lipinski definition) is 4. The van der Waals surface area contributed by atoms with Gasteiger partial charge in [0.05, 0.1) is 13.0 Å². The Morgan fingerprint density at radius 2 is 1.96 bits per heavy atom. The number of halogens is 1. The maximum Gasteiger partial charge on any atom is 0.165 e. The van der Waals surface area contributed by atoms with Gasteiger partial charge < -0.3 is 14.5 Å². The van der Waals surface area contributed by atoms with Gasteiger partial charge in [-0.2, -0.15) is 0 Å². The van der Waals surface area contributed by atoms with Crippen molar-refractivity contribution in [3.8, 4) is 5.75 Å². The summed E-state index contributed by atoms with van der Waals surface area (Å²) >= 11 is 0. The molecule has 1 heterocycles. The number of benzene rings is 1. The number of ether oxygens (including phenoxy) is 1. The molecule has 0 amide bonds. The summed E-state index contributed by atoms with van der Waals surface area (Å²) in [5.74, 6) is -0.399. The molecule has 1 saturated heterocycles. The molecule has 0 bridgehead atoms. The number of likely N-dealkylation sites (tertiary alicyclic amines) is 1. The van der Waals surface area contributed by atoms with E-state index in [-0.39, 0.29) is 23.4 Å². The van der Waals surface area contributed by atoms with Crippen LogP contribution in [0.2, 0.25) is 0 Å². The predicted octanol–water partition coefficient (Wildman–Crippen LogP) is 3.17. The van der Waals surface area contributed by atoms with Gasteiger partial charge in [0, 0.05) is 18.5 Å². The molecular formula is C20H31FN2O2. The molecule has 1 aromatic rings. The molecule has 1 fully saturated rings. The summed E-state index contributed by atoms with van der Waals surface area (Å²) in [6, 6.07) is 5.49. The summed E-state index contributed by atoms with van der Waals surface area (Å²) in [5.41, 5.74) is 0.742. The molecule has 5 heteroatoms. The number of methoxy groups -OCH3 is 1. The molecule has 140 valence electrons. The molecule has 0 N–H and O–H groups in total. The van der Waals surface area contributed by atoms with Crippen molar-refractivity contribution in [2.75, 3.05) is 40.8 Å². The van der Waals surface area contributed by atoms with Crippen molar-refractivity contribution in [3.05, 3.63) is 29.6 Å². The first kappa shape index (κ1) is 19.9. The number of carbonyl (C=O) groups excluding carboxylic acids is 1. The van der Waals surface area contributed by atoms with Crippen LogP contribution in [0.1, 0.15) is 38.2 Å². The largest absolute Gasteiger partial charge is 0.494 e. The van der Waals surface area contributed by atoms with Crippen molar-refractivity contribution in [1.29, 1.82) is 0 Å². The van der Waals surface area contributed by atoms with Crippen LogP contribution in [-0.4, -0.2) is 62.5 Å². The minimum atomic E-state index is -0.409. The summed E-state index contributed by atoms with van der Waals surface area (Å²) in [6.45, 7) is 6.43. The van der Waals surface area contributed by atoms with Crippen LogP contribution in [0.25, 0.3) is 0 Å². The Bertz CT molecular complexity index is 581. The van der Waals surface area contributed by atoms with Gasteiger partial charge in [0.25, 0.3) is 0 Å². The first-order valence-corrected chi connectivity index (χ1v) is 9.09. The fourth-order valence-corrected chi connectivity index (χ4v) is 3.54. The van der Waals surface area contributed by atoms with E-state index in [1.807, 2.05) is 19.9 Å². The summed E-state index contributed by atoms with van der Waals surface area (Å²) in [4.78, 5) is 17.4. The highest BCUT2D eigenvalue weighted by molar-refractivity contribution is 5.87. The van der Waals surface area contributed by atoms with Crippen LogP contribution < -0.4 is 4.74 Å². The lowest BCUT2D eigenvalue weighted by molar-refractivity contribution is -0.123. The van der Waals surface area contributed by atoms with E-state index >= 15 is 0 Å². The molecule has 25 heavy (non-hydrogen) atoms. The van der Waals surface area contributed by atoms with Crippen LogP contribution in [0.15, 0.2) is 18.2 Å². The van der Waals surface area contributed by atoms with E-state index in [0.29, 0.717) is 12.6 Å². The molecule has 0 saturated carbocycles. The molecule has 0 radical (unpaired) electrons. The number of piperidine rings is 1. The minimum absolute atomic E-state index is 0.0746. The van der Waals surface area contributed by atoms with Crippen molar-refractivity contribution in [2.45, 2.75) is 38.6 Å². The number of nitrogens with zero attached hydrogens (tertiary/aromatic N) is 2. The number of hydrogen-bond donors (Lipinski definition) is 0. The van der Waals surface area contributed by atoms with Gasteiger partial charge in [0.2, 0.25) is 0 Å². The van der Waals surface area contributed by atoms with Crippen LogP contribution in [0.4, 0.5) is 4.39 Å². The lowest BCUT2D eigenvalue weighted by atomic mass is 9.87. The first-order valence-electron chi connectivity index (χ1n) is 9.09. The van der Waals surface area contributed by atoms with Crippen LogP contribution in [-0.2, 0) is 4.79 Å². The van der Waals surface area contributed by atoms with Crippen molar-refractivity contribution in [1.82, 2.24) is 9.80 Å². The molecule has 0 aromatic heterocycles. The fourth-order valence-electron chi connectivity index (χ4n) is 3.54. The standard InChI is InChI=1S/C20H31FN2O2/c1-14(2)20(24)17(15-6-7-19(25-5)18(21)12-15)13-23-10-8-16(9-11-23)22(3)4/h6-7,12,14,16-17H,8-11,13H2,1-5H3/t17-/m1/s1. The van der Waals surface area contributed by atoms with Crippen LogP contribution >= 0.6 is 0 Å². The zero-order valence-electron chi connectivity index (χ0n) is 16.1. The Hall–Kier alpha value is -1.46. The second kappa shape index (κ2) is 8.77. The number of ketones is 1. The Morgan fingerprint density at radius 3 is 2.44 bits per heavy atom. The minimum Gasteiger partial charge on any atom is -0.494 e. The molecular weight excluding hydrogens is 319 g/mol. The topological polar surface area (TPSA) is 32.8 Å². The summed E-state index contributed by atoms with van der Waals surface area (Å²) in [5, 5.41) is 0. The molecule has 0 unspecified atom stereocenters. The molecule has 2 rings (SSSR count). The van der Waals surface area contributed by atoms with Gasteiger partial charge in [0.15, 0.2) is 11.6 Å². The third-order valence-electron chi connectivity index (χ3n) is 5.22. The van der Waals surface area contributed by atoms with Gasteiger partial charge in [-0.05, 0) is 57.7 Å². The van der Waals surface area contributed by atoms with Gasteiger partial charge >= 0.3 is 0 Å². The third kappa shape index (κ3) is 5.02. The summed E-state index contributed by atoms with van der Waals surface area (Å²) in [6.07, 6.45) is 2.21. The van der Waals surface area contributed by atoms with Crippen molar-refractivity contribution in [3.63, 3.8) is 0 Å². The molecule has 1 aromatic carbocycles. The number of rotatable bonds is 7. The van der Waals surface area contributed by atoms with Crippen LogP contribution in [0.3, 0.4) is 0 Å². The SMILES string of the molecule is COc1ccc([C@@H](CN2CCC(N(C)C)CC2)C(=O)C(C)C)cc1F. The second-order valence-corrected chi connectivity index (χ2v) is 7.50. The van der Waals surface area contributed by atoms with E-state index in [2.05, 4.69) is 23.9 Å². The Labute approximate surface area is 150 Å². The molecule has 0 aliphatic carbocycles. The average Bonchev–Trinajstić information content (AvgIpc) is 2.59. The van der Waals surface area contributed by atoms with Crippen molar-refractivity contribution < 1.29 is 13.9 Å². The van der Waals surface area contributed by atoms with E-state index in [1.54, 1.807) is 6.07 Å². The van der Waals surface area contributed by atoms with Gasteiger partial charge in [0.1, 0.15) is 5.78 Å². The molecule has 4 nitrogen and oxygen atoms in total. The highest BCUT2D eigenvalue weighted by Gasteiger charge is 2.29. The van der Waals surface area contributed by atoms with E-state index in [4.69, 9.17) is 4.74 Å². The van der Waals surface area contributed by atoms with E-state index in [9.17, 15) is 9.18 Å².